The van der Waals surface area contributed by atoms with E-state index in [0.717, 1.165) is 12.1 Å². The Morgan fingerprint density at radius 1 is 1.43 bits per heavy atom. The number of nitrogens with two attached hydrogens (primary N) is 1. The number of para-hydroxylation sites is 1. The van der Waals surface area contributed by atoms with Crippen LogP contribution >= 0.6 is 0 Å². The van der Waals surface area contributed by atoms with Gasteiger partial charge in [-0.3, -0.25) is 14.9 Å². The molecule has 1 saturated heterocycles. The molecule has 114 valence electrons. The van der Waals surface area contributed by atoms with Crippen molar-refractivity contribution in [2.45, 2.75) is 23.4 Å². The first kappa shape index (κ1) is 15.4. The molecule has 1 heterocycles. The molecule has 1 aliphatic heterocycles. The fourth-order valence-electron chi connectivity index (χ4n) is 2.28. The third kappa shape index (κ3) is 2.73. The zero-order chi connectivity index (χ0) is 15.8. The molecule has 2 rings (SSSR count). The summed E-state index contributed by atoms with van der Waals surface area (Å²) in [4.78, 5) is 20.8. The minimum atomic E-state index is -4.31. The average Bonchev–Trinajstić information content (AvgIpc) is 2.82. The van der Waals surface area contributed by atoms with E-state index in [1.165, 1.54) is 12.1 Å². The molecular weight excluding hydrogens is 302 g/mol. The van der Waals surface area contributed by atoms with Crippen molar-refractivity contribution in [3.63, 3.8) is 0 Å². The van der Waals surface area contributed by atoms with Crippen LogP contribution in [0.3, 0.4) is 0 Å². The summed E-state index contributed by atoms with van der Waals surface area (Å²) in [6.45, 7) is -0.189. The van der Waals surface area contributed by atoms with Gasteiger partial charge in [-0.15, -0.1) is 0 Å². The Hall–Kier alpha value is -2.04. The van der Waals surface area contributed by atoms with Gasteiger partial charge in [-0.25, -0.2) is 8.42 Å². The molecule has 0 saturated carbocycles. The zero-order valence-corrected chi connectivity index (χ0v) is 11.6. The standard InChI is InChI=1S/C11H13N3O6S/c12-7-5-9(11(15)16)13(6-7)21(19,20)10-4-2-1-3-8(10)14(17)18/h1-4,7,9H,5-6,12H2,(H,15,16). The van der Waals surface area contributed by atoms with Crippen LogP contribution in [0.2, 0.25) is 0 Å². The number of aliphatic carboxylic acids is 1. The van der Waals surface area contributed by atoms with Crippen LogP contribution in [0.4, 0.5) is 5.69 Å². The highest BCUT2D eigenvalue weighted by Crippen LogP contribution is 2.30. The summed E-state index contributed by atoms with van der Waals surface area (Å²) in [5, 5.41) is 20.0. The molecule has 10 heteroatoms. The second-order valence-corrected chi connectivity index (χ2v) is 6.51. The summed E-state index contributed by atoms with van der Waals surface area (Å²) in [6, 6.07) is 2.87. The van der Waals surface area contributed by atoms with Crippen LogP contribution in [0.5, 0.6) is 0 Å². The summed E-state index contributed by atoms with van der Waals surface area (Å²) in [5.74, 6) is -1.33. The van der Waals surface area contributed by atoms with E-state index in [0.29, 0.717) is 4.31 Å². The normalized spacial score (nSPS) is 23.1. The third-order valence-electron chi connectivity index (χ3n) is 3.22. The molecule has 0 aliphatic carbocycles. The molecule has 2 atom stereocenters. The van der Waals surface area contributed by atoms with Crippen molar-refractivity contribution in [1.82, 2.24) is 4.31 Å². The number of nitrogens with zero attached hydrogens (tertiary/aromatic N) is 2. The largest absolute Gasteiger partial charge is 0.480 e. The van der Waals surface area contributed by atoms with Gasteiger partial charge in [-0.2, -0.15) is 4.31 Å². The highest BCUT2D eigenvalue weighted by Gasteiger charge is 2.44. The van der Waals surface area contributed by atoms with Gasteiger partial charge in [0.15, 0.2) is 4.90 Å². The Balaban J connectivity index is 2.52. The second kappa shape index (κ2) is 5.39. The number of carboxylic acids is 1. The smallest absolute Gasteiger partial charge is 0.322 e. The molecule has 0 aromatic heterocycles. The zero-order valence-electron chi connectivity index (χ0n) is 10.7. The molecule has 9 nitrogen and oxygen atoms in total. The lowest BCUT2D eigenvalue weighted by molar-refractivity contribution is -0.387. The van der Waals surface area contributed by atoms with Gasteiger partial charge in [-0.05, 0) is 12.5 Å². The maximum Gasteiger partial charge on any atom is 0.322 e. The predicted octanol–water partition coefficient (Wildman–Crippen LogP) is -0.230. The summed E-state index contributed by atoms with van der Waals surface area (Å²) in [6.07, 6.45) is -0.0325. The van der Waals surface area contributed by atoms with Crippen LogP contribution in [-0.4, -0.2) is 47.4 Å². The lowest BCUT2D eigenvalue weighted by Crippen LogP contribution is -2.40. The van der Waals surface area contributed by atoms with Crippen molar-refractivity contribution < 1.29 is 23.2 Å². The SMILES string of the molecule is NC1CC(C(=O)O)N(S(=O)(=O)c2ccccc2[N+](=O)[O-])C1. The van der Waals surface area contributed by atoms with Gasteiger partial charge in [0.05, 0.1) is 4.92 Å². The number of carbonyl (C=O) groups is 1. The van der Waals surface area contributed by atoms with Gasteiger partial charge < -0.3 is 10.8 Å². The molecule has 2 unspecified atom stereocenters. The molecule has 0 radical (unpaired) electrons. The van der Waals surface area contributed by atoms with Crippen molar-refractivity contribution in [1.29, 1.82) is 0 Å². The third-order valence-corrected chi connectivity index (χ3v) is 5.14. The van der Waals surface area contributed by atoms with Crippen LogP contribution in [-0.2, 0) is 14.8 Å². The minimum absolute atomic E-state index is 0.0325. The van der Waals surface area contributed by atoms with Crippen LogP contribution < -0.4 is 5.73 Å². The van der Waals surface area contributed by atoms with Crippen molar-refractivity contribution in [3.8, 4) is 0 Å². The van der Waals surface area contributed by atoms with Gasteiger partial charge in [0, 0.05) is 18.7 Å². The topological polar surface area (TPSA) is 144 Å². The number of rotatable bonds is 4. The molecule has 0 amide bonds. The van der Waals surface area contributed by atoms with Crippen LogP contribution in [0.15, 0.2) is 29.2 Å². The number of sulfonamides is 1. The van der Waals surface area contributed by atoms with E-state index in [2.05, 4.69) is 0 Å². The van der Waals surface area contributed by atoms with Gasteiger partial charge in [0.1, 0.15) is 6.04 Å². The highest BCUT2D eigenvalue weighted by atomic mass is 32.2. The van der Waals surface area contributed by atoms with Crippen molar-refractivity contribution in [2.75, 3.05) is 6.54 Å². The van der Waals surface area contributed by atoms with Gasteiger partial charge in [0.2, 0.25) is 0 Å². The van der Waals surface area contributed by atoms with Crippen LogP contribution in [0.25, 0.3) is 0 Å². The fourth-order valence-corrected chi connectivity index (χ4v) is 4.09. The summed E-state index contributed by atoms with van der Waals surface area (Å²) >= 11 is 0. The van der Waals surface area contributed by atoms with Gasteiger partial charge in [0.25, 0.3) is 15.7 Å². The maximum absolute atomic E-state index is 12.5. The molecule has 3 N–H and O–H groups in total. The lowest BCUT2D eigenvalue weighted by atomic mass is 10.2. The Kier molecular flexibility index (Phi) is 3.94. The number of nitro benzene ring substituents is 1. The predicted molar refractivity (Wildman–Crippen MR) is 71.0 cm³/mol. The fraction of sp³-hybridized carbons (Fsp3) is 0.364. The second-order valence-electron chi connectivity index (χ2n) is 4.65. The Labute approximate surface area is 120 Å². The van der Waals surface area contributed by atoms with Crippen molar-refractivity contribution in [3.05, 3.63) is 34.4 Å². The summed E-state index contributed by atoms with van der Waals surface area (Å²) in [5.41, 5.74) is 5.03. The summed E-state index contributed by atoms with van der Waals surface area (Å²) < 4.78 is 25.8. The van der Waals surface area contributed by atoms with Crippen molar-refractivity contribution in [2.24, 2.45) is 5.73 Å². The molecule has 1 fully saturated rings. The molecule has 21 heavy (non-hydrogen) atoms. The van der Waals surface area contributed by atoms with Crippen LogP contribution in [0.1, 0.15) is 6.42 Å². The lowest BCUT2D eigenvalue weighted by Gasteiger charge is -2.20. The number of nitro groups is 1. The Morgan fingerprint density at radius 3 is 2.62 bits per heavy atom. The van der Waals surface area contributed by atoms with Crippen molar-refractivity contribution >= 4 is 21.7 Å². The highest BCUT2D eigenvalue weighted by molar-refractivity contribution is 7.89. The monoisotopic (exact) mass is 315 g/mol. The van der Waals surface area contributed by atoms with E-state index in [9.17, 15) is 23.3 Å². The molecule has 1 aliphatic rings. The number of hydrogen-bond acceptors (Lipinski definition) is 6. The molecule has 0 bridgehead atoms. The average molecular weight is 315 g/mol. The molecule has 1 aromatic carbocycles. The molecule has 1 aromatic rings. The van der Waals surface area contributed by atoms with E-state index in [4.69, 9.17) is 10.8 Å². The van der Waals surface area contributed by atoms with E-state index >= 15 is 0 Å². The van der Waals surface area contributed by atoms with E-state index in [1.807, 2.05) is 0 Å². The first-order valence-electron chi connectivity index (χ1n) is 5.99. The van der Waals surface area contributed by atoms with E-state index < -0.39 is 43.6 Å². The number of hydrogen-bond donors (Lipinski definition) is 2. The number of carboxylic acid groups (broad SMARTS) is 1. The molecule has 0 spiro atoms. The number of benzene rings is 1. The molecular formula is C11H13N3O6S. The first-order valence-corrected chi connectivity index (χ1v) is 7.43. The quantitative estimate of drug-likeness (QED) is 0.576. The minimum Gasteiger partial charge on any atom is -0.480 e. The first-order chi connectivity index (χ1) is 9.75. The van der Waals surface area contributed by atoms with Crippen LogP contribution in [0, 0.1) is 10.1 Å². The maximum atomic E-state index is 12.5. The van der Waals surface area contributed by atoms with Gasteiger partial charge in [-0.1, -0.05) is 12.1 Å². The van der Waals surface area contributed by atoms with Gasteiger partial charge >= 0.3 is 5.97 Å². The Bertz CT molecular complexity index is 689. The van der Waals surface area contributed by atoms with E-state index in [1.54, 1.807) is 0 Å². The summed E-state index contributed by atoms with van der Waals surface area (Å²) in [7, 11) is -4.31. The Morgan fingerprint density at radius 2 is 2.05 bits per heavy atom. The van der Waals surface area contributed by atoms with E-state index in [-0.39, 0.29) is 13.0 Å².